The lowest BCUT2D eigenvalue weighted by Crippen LogP contribution is -2.47. The van der Waals surface area contributed by atoms with E-state index in [2.05, 4.69) is 17.4 Å². The summed E-state index contributed by atoms with van der Waals surface area (Å²) in [6, 6.07) is 0. The molecule has 1 N–H and O–H groups in total. The highest BCUT2D eigenvalue weighted by Crippen LogP contribution is 2.12. The Balaban J connectivity index is 4.52. The van der Waals surface area contributed by atoms with Crippen LogP contribution in [0.3, 0.4) is 0 Å². The summed E-state index contributed by atoms with van der Waals surface area (Å²) in [6.07, 6.45) is 0. The Labute approximate surface area is 75.4 Å². The lowest BCUT2D eigenvalue weighted by atomic mass is 10.5. The molecule has 0 aliphatic rings. The van der Waals surface area contributed by atoms with Gasteiger partial charge in [-0.3, -0.25) is 14.9 Å². The van der Waals surface area contributed by atoms with Gasteiger partial charge < -0.3 is 17.4 Å². The van der Waals surface area contributed by atoms with E-state index in [0.717, 1.165) is 0 Å². The zero-order valence-electron chi connectivity index (χ0n) is 5.88. The van der Waals surface area contributed by atoms with Gasteiger partial charge in [0.25, 0.3) is 6.61 Å². The van der Waals surface area contributed by atoms with E-state index in [1.807, 2.05) is 0 Å². The maximum Gasteiger partial charge on any atom is 0.687 e. The highest BCUT2D eigenvalue weighted by atomic mass is 32.1. The quantitative estimate of drug-likeness (QED) is 0.171. The van der Waals surface area contributed by atoms with Crippen LogP contribution in [0, 0.1) is 15.0 Å². The Morgan fingerprint density at radius 3 is 2.38 bits per heavy atom. The van der Waals surface area contributed by atoms with Crippen molar-refractivity contribution in [1.82, 2.24) is 0 Å². The number of halogens is 1. The van der Waals surface area contributed by atoms with Crippen LogP contribution in [-0.2, 0) is 17.4 Å². The van der Waals surface area contributed by atoms with Crippen molar-refractivity contribution in [3.63, 3.8) is 0 Å². The zero-order chi connectivity index (χ0) is 10.6. The van der Waals surface area contributed by atoms with Crippen LogP contribution >= 0.6 is 0 Å². The van der Waals surface area contributed by atoms with Crippen molar-refractivity contribution in [3.8, 4) is 0 Å². The first-order valence-electron chi connectivity index (χ1n) is 2.64. The minimum absolute atomic E-state index is 1.43. The highest BCUT2D eigenvalue weighted by molar-refractivity contribution is 7.76. The van der Waals surface area contributed by atoms with Crippen molar-refractivity contribution in [2.45, 2.75) is 5.92 Å². The molecule has 0 saturated heterocycles. The molecule has 0 aliphatic heterocycles. The van der Waals surface area contributed by atoms with Crippen LogP contribution in [0.25, 0.3) is 0 Å². The minimum atomic E-state index is -3.92. The molecule has 0 aromatic carbocycles. The third-order valence-corrected chi connectivity index (χ3v) is 1.06. The van der Waals surface area contributed by atoms with E-state index >= 15 is 0 Å². The van der Waals surface area contributed by atoms with E-state index in [1.54, 1.807) is 0 Å². The first kappa shape index (κ1) is 11.4. The molecule has 1 unspecified atom stereocenters. The number of hydrogen-bond acceptors (Lipinski definition) is 6. The predicted octanol–water partition coefficient (Wildman–Crippen LogP) is -0.262. The second-order valence-corrected chi connectivity index (χ2v) is 2.12. The summed E-state index contributed by atoms with van der Waals surface area (Å²) >= 11 is 3.77. The molecule has 0 aromatic rings. The molecule has 0 amide bonds. The summed E-state index contributed by atoms with van der Waals surface area (Å²) < 4.78 is 16.4. The van der Waals surface area contributed by atoms with Gasteiger partial charge in [0.15, 0.2) is 5.30 Å². The molecular formula is C3H3FN2O6S. The van der Waals surface area contributed by atoms with Crippen LogP contribution in [0.4, 0.5) is 9.18 Å². The SMILES string of the molecule is O=C([S-])OCC(F)([N+](=O)[O-])[N+](=O)O. The Kier molecular flexibility index (Phi) is 3.42. The van der Waals surface area contributed by atoms with Crippen molar-refractivity contribution < 1.29 is 29.0 Å². The molecule has 8 nitrogen and oxygen atoms in total. The fourth-order valence-electron chi connectivity index (χ4n) is 0.329. The van der Waals surface area contributed by atoms with Gasteiger partial charge in [0.2, 0.25) is 0 Å². The van der Waals surface area contributed by atoms with Crippen LogP contribution in [0.1, 0.15) is 0 Å². The fraction of sp³-hybridized carbons (Fsp3) is 0.667. The van der Waals surface area contributed by atoms with E-state index in [-0.39, 0.29) is 0 Å². The molecular weight excluding hydrogens is 211 g/mol. The molecule has 0 spiro atoms. The highest BCUT2D eigenvalue weighted by Gasteiger charge is 2.64. The number of nitrogens with zero attached hydrogens (tertiary/aromatic N) is 2. The van der Waals surface area contributed by atoms with Gasteiger partial charge in [0, 0.05) is 0 Å². The topological polar surface area (TPSA) is 110 Å². The van der Waals surface area contributed by atoms with E-state index in [4.69, 9.17) is 5.21 Å². The molecule has 0 radical (unpaired) electrons. The number of rotatable bonds is 4. The maximum atomic E-state index is 12.7. The second kappa shape index (κ2) is 3.89. The van der Waals surface area contributed by atoms with Gasteiger partial charge in [-0.25, -0.2) is 5.21 Å². The first-order valence-corrected chi connectivity index (χ1v) is 3.05. The van der Waals surface area contributed by atoms with Crippen molar-refractivity contribution in [3.05, 3.63) is 15.0 Å². The Morgan fingerprint density at radius 1 is 1.69 bits per heavy atom. The molecule has 13 heavy (non-hydrogen) atoms. The van der Waals surface area contributed by atoms with Gasteiger partial charge >= 0.3 is 10.8 Å². The Morgan fingerprint density at radius 2 is 2.15 bits per heavy atom. The van der Waals surface area contributed by atoms with Gasteiger partial charge in [-0.2, -0.15) is 0 Å². The summed E-state index contributed by atoms with van der Waals surface area (Å²) in [6.45, 7) is -1.58. The van der Waals surface area contributed by atoms with Gasteiger partial charge in [-0.15, -0.1) is 0 Å². The summed E-state index contributed by atoms with van der Waals surface area (Å²) in [5.41, 5.74) is 0. The molecule has 0 fully saturated rings. The Bertz CT molecular complexity index is 242. The van der Waals surface area contributed by atoms with Crippen LogP contribution in [0.2, 0.25) is 0 Å². The van der Waals surface area contributed by atoms with Crippen molar-refractivity contribution in [2.24, 2.45) is 0 Å². The number of alkyl halides is 1. The zero-order valence-corrected chi connectivity index (χ0v) is 6.69. The molecule has 0 aromatic heterocycles. The average molecular weight is 214 g/mol. The predicted molar refractivity (Wildman–Crippen MR) is 35.0 cm³/mol. The van der Waals surface area contributed by atoms with Crippen LogP contribution in [-0.4, -0.2) is 32.9 Å². The van der Waals surface area contributed by atoms with Crippen molar-refractivity contribution in [2.75, 3.05) is 6.61 Å². The molecule has 0 heterocycles. The third-order valence-electron chi connectivity index (χ3n) is 0.947. The first-order chi connectivity index (χ1) is 5.80. The van der Waals surface area contributed by atoms with E-state index in [9.17, 15) is 24.2 Å². The number of carbonyl (C=O) groups is 1. The van der Waals surface area contributed by atoms with Gasteiger partial charge in [0.05, 0.1) is 4.91 Å². The number of nitro groups is 1. The van der Waals surface area contributed by atoms with Crippen LogP contribution < -0.4 is 0 Å². The Hall–Kier alpha value is -1.58. The van der Waals surface area contributed by atoms with E-state index in [0.29, 0.717) is 0 Å². The number of hydrogen-bond donors (Lipinski definition) is 1. The van der Waals surface area contributed by atoms with E-state index in [1.165, 1.54) is 0 Å². The molecule has 10 heteroatoms. The van der Waals surface area contributed by atoms with Crippen LogP contribution in [0.15, 0.2) is 0 Å². The summed E-state index contributed by atoms with van der Waals surface area (Å²) in [5.74, 6) is -3.92. The number of carbonyl (C=O) groups excluding carboxylic acids is 1. The van der Waals surface area contributed by atoms with Gasteiger partial charge in [-0.1, -0.05) is 4.39 Å². The molecule has 0 bridgehead atoms. The molecule has 0 saturated carbocycles. The molecule has 74 valence electrons. The standard InChI is InChI=1S/C3H3FN2O6S/c4-3(5(8)9,6(10)11)1-12-2(7)13/h1H2,(H-,7,8,9,13). The second-order valence-electron chi connectivity index (χ2n) is 1.79. The van der Waals surface area contributed by atoms with E-state index < -0.39 is 27.7 Å². The smallest absolute Gasteiger partial charge is 0.687 e. The monoisotopic (exact) mass is 214 g/mol. The molecule has 0 aliphatic carbocycles. The summed E-state index contributed by atoms with van der Waals surface area (Å²) in [7, 11) is 0. The van der Waals surface area contributed by atoms with Crippen molar-refractivity contribution >= 4 is 17.9 Å². The summed E-state index contributed by atoms with van der Waals surface area (Å²) in [4.78, 5) is 26.4. The normalized spacial score (nSPS) is 14.2. The molecule has 0 rings (SSSR count). The number of ether oxygens (including phenoxy) is 1. The lowest BCUT2D eigenvalue weighted by Gasteiger charge is -2.07. The molecule has 1 atom stereocenters. The van der Waals surface area contributed by atoms with Crippen molar-refractivity contribution in [1.29, 1.82) is 0 Å². The fourth-order valence-corrected chi connectivity index (χ4v) is 0.387. The summed E-state index contributed by atoms with van der Waals surface area (Å²) in [5, 5.41) is 16.4. The minimum Gasteiger partial charge on any atom is -0.698 e. The third kappa shape index (κ3) is 2.74. The van der Waals surface area contributed by atoms with Crippen LogP contribution in [0.5, 0.6) is 0 Å². The van der Waals surface area contributed by atoms with Gasteiger partial charge in [-0.05, 0) is 0 Å². The van der Waals surface area contributed by atoms with Gasteiger partial charge in [0.1, 0.15) is 4.92 Å². The largest absolute Gasteiger partial charge is 0.698 e. The maximum absolute atomic E-state index is 12.7. The average Bonchev–Trinajstić information content (AvgIpc) is 1.99. The lowest BCUT2D eigenvalue weighted by molar-refractivity contribution is -0.972.